The van der Waals surface area contributed by atoms with Crippen molar-refractivity contribution in [1.82, 2.24) is 4.98 Å². The van der Waals surface area contributed by atoms with Crippen LogP contribution in [0, 0.1) is 0 Å². The first kappa shape index (κ1) is 22.0. The fourth-order valence-corrected chi connectivity index (χ4v) is 5.04. The van der Waals surface area contributed by atoms with Crippen molar-refractivity contribution in [2.75, 3.05) is 6.61 Å². The van der Waals surface area contributed by atoms with Crippen molar-refractivity contribution in [3.63, 3.8) is 0 Å². The molecular formula is C19H19ClN2O4S2. The third-order valence-electron chi connectivity index (χ3n) is 3.81. The van der Waals surface area contributed by atoms with Crippen molar-refractivity contribution in [2.24, 2.45) is 5.73 Å². The Balaban J connectivity index is 0.00000280. The average molecular weight is 439 g/mol. The van der Waals surface area contributed by atoms with Crippen molar-refractivity contribution in [3.8, 4) is 11.1 Å². The molecule has 0 aliphatic carbocycles. The summed E-state index contributed by atoms with van der Waals surface area (Å²) in [6, 6.07) is 13.8. The normalized spacial score (nSPS) is 10.9. The predicted molar refractivity (Wildman–Crippen MR) is 111 cm³/mol. The number of carbonyl (C=O) groups is 1. The molecule has 2 aromatic carbocycles. The standard InChI is InChI=1S/C19H18N2O4S2.ClH/c1-2-25-19(22)15-8-14(13-6-4-3-5-7-13)9-16(10-15)27(23,24)18-12-21-17(11-20)26-18;/h3-10,12H,2,11,20H2,1H3;1H. The SMILES string of the molecule is CCOC(=O)c1cc(-c2ccccc2)cc(S(=O)(=O)c2cnc(CN)s2)c1.Cl. The first-order valence-corrected chi connectivity index (χ1v) is 10.5. The van der Waals surface area contributed by atoms with Gasteiger partial charge in [-0.1, -0.05) is 30.3 Å². The molecule has 9 heteroatoms. The zero-order chi connectivity index (χ0) is 19.4. The van der Waals surface area contributed by atoms with Gasteiger partial charge >= 0.3 is 5.97 Å². The second kappa shape index (κ2) is 9.29. The Morgan fingerprint density at radius 1 is 1.14 bits per heavy atom. The zero-order valence-electron chi connectivity index (χ0n) is 15.0. The highest BCUT2D eigenvalue weighted by atomic mass is 35.5. The Hall–Kier alpha value is -2.26. The van der Waals surface area contributed by atoms with Gasteiger partial charge in [0.25, 0.3) is 0 Å². The van der Waals surface area contributed by atoms with Crippen LogP contribution in [0.5, 0.6) is 0 Å². The number of thiazole rings is 1. The quantitative estimate of drug-likeness (QED) is 0.589. The number of hydrogen-bond acceptors (Lipinski definition) is 7. The molecule has 0 radical (unpaired) electrons. The van der Waals surface area contributed by atoms with Crippen molar-refractivity contribution < 1.29 is 17.9 Å². The van der Waals surface area contributed by atoms with E-state index in [-0.39, 0.29) is 40.2 Å². The Morgan fingerprint density at radius 2 is 1.86 bits per heavy atom. The number of esters is 1. The average Bonchev–Trinajstić information content (AvgIpc) is 3.18. The van der Waals surface area contributed by atoms with Gasteiger partial charge in [-0.05, 0) is 36.2 Å². The second-order valence-electron chi connectivity index (χ2n) is 5.61. The van der Waals surface area contributed by atoms with Gasteiger partial charge in [-0.25, -0.2) is 18.2 Å². The summed E-state index contributed by atoms with van der Waals surface area (Å²) in [6.45, 7) is 2.06. The van der Waals surface area contributed by atoms with E-state index in [4.69, 9.17) is 10.5 Å². The number of carbonyl (C=O) groups excluding carboxylic acids is 1. The largest absolute Gasteiger partial charge is 0.462 e. The number of nitrogens with zero attached hydrogens (tertiary/aromatic N) is 1. The van der Waals surface area contributed by atoms with E-state index in [1.165, 1.54) is 12.3 Å². The van der Waals surface area contributed by atoms with Gasteiger partial charge < -0.3 is 10.5 Å². The van der Waals surface area contributed by atoms with Crippen molar-refractivity contribution in [2.45, 2.75) is 22.6 Å². The molecule has 0 aliphatic heterocycles. The van der Waals surface area contributed by atoms with Crippen LogP contribution in [0.3, 0.4) is 0 Å². The molecule has 148 valence electrons. The van der Waals surface area contributed by atoms with Crippen LogP contribution in [0.25, 0.3) is 11.1 Å². The highest BCUT2D eigenvalue weighted by Gasteiger charge is 2.23. The third kappa shape index (κ3) is 4.59. The summed E-state index contributed by atoms with van der Waals surface area (Å²) >= 11 is 1.02. The number of benzene rings is 2. The van der Waals surface area contributed by atoms with Crippen molar-refractivity contribution in [1.29, 1.82) is 0 Å². The van der Waals surface area contributed by atoms with E-state index in [0.29, 0.717) is 10.6 Å². The topological polar surface area (TPSA) is 99.4 Å². The molecule has 1 heterocycles. The van der Waals surface area contributed by atoms with Gasteiger partial charge in [0.2, 0.25) is 9.84 Å². The van der Waals surface area contributed by atoms with Crippen LogP contribution >= 0.6 is 23.7 Å². The minimum atomic E-state index is -3.84. The molecule has 0 spiro atoms. The van der Waals surface area contributed by atoms with Gasteiger partial charge in [0.15, 0.2) is 0 Å². The molecule has 0 bridgehead atoms. The third-order valence-corrected chi connectivity index (χ3v) is 7.02. The van der Waals surface area contributed by atoms with Crippen LogP contribution < -0.4 is 5.73 Å². The summed E-state index contributed by atoms with van der Waals surface area (Å²) in [5.41, 5.74) is 7.13. The van der Waals surface area contributed by atoms with E-state index in [9.17, 15) is 13.2 Å². The van der Waals surface area contributed by atoms with Crippen LogP contribution in [-0.4, -0.2) is 26.0 Å². The number of aromatic nitrogens is 1. The van der Waals surface area contributed by atoms with E-state index < -0.39 is 15.8 Å². The molecule has 0 unspecified atom stereocenters. The van der Waals surface area contributed by atoms with Gasteiger partial charge in [0, 0.05) is 6.54 Å². The lowest BCUT2D eigenvalue weighted by Gasteiger charge is -2.10. The summed E-state index contributed by atoms with van der Waals surface area (Å²) in [5.74, 6) is -0.571. The zero-order valence-corrected chi connectivity index (χ0v) is 17.4. The Kier molecular flexibility index (Phi) is 7.31. The lowest BCUT2D eigenvalue weighted by molar-refractivity contribution is 0.0526. The van der Waals surface area contributed by atoms with E-state index in [1.807, 2.05) is 30.3 Å². The minimum absolute atomic E-state index is 0. The number of sulfone groups is 1. The molecule has 0 saturated carbocycles. The van der Waals surface area contributed by atoms with E-state index in [0.717, 1.165) is 16.9 Å². The van der Waals surface area contributed by atoms with Gasteiger partial charge in [0.05, 0.1) is 23.3 Å². The number of rotatable bonds is 6. The summed E-state index contributed by atoms with van der Waals surface area (Å²) < 4.78 is 31.3. The summed E-state index contributed by atoms with van der Waals surface area (Å²) in [6.07, 6.45) is 1.29. The van der Waals surface area contributed by atoms with Gasteiger partial charge in [0.1, 0.15) is 9.22 Å². The highest BCUT2D eigenvalue weighted by Crippen LogP contribution is 2.31. The maximum absolute atomic E-state index is 13.1. The van der Waals surface area contributed by atoms with Crippen LogP contribution in [0.15, 0.2) is 63.8 Å². The summed E-state index contributed by atoms with van der Waals surface area (Å²) in [4.78, 5) is 16.3. The van der Waals surface area contributed by atoms with Gasteiger partial charge in [-0.2, -0.15) is 0 Å². The van der Waals surface area contributed by atoms with Gasteiger partial charge in [-0.15, -0.1) is 23.7 Å². The molecule has 0 amide bonds. The Morgan fingerprint density at radius 3 is 2.46 bits per heavy atom. The molecule has 28 heavy (non-hydrogen) atoms. The van der Waals surface area contributed by atoms with Crippen molar-refractivity contribution >= 4 is 39.6 Å². The Bertz CT molecular complexity index is 1070. The van der Waals surface area contributed by atoms with Crippen LogP contribution in [0.4, 0.5) is 0 Å². The fourth-order valence-electron chi connectivity index (χ4n) is 2.51. The summed E-state index contributed by atoms with van der Waals surface area (Å²) in [5, 5.41) is 0.526. The molecule has 0 atom stereocenters. The first-order chi connectivity index (χ1) is 13.0. The highest BCUT2D eigenvalue weighted by molar-refractivity contribution is 7.93. The monoisotopic (exact) mass is 438 g/mol. The number of hydrogen-bond donors (Lipinski definition) is 1. The molecule has 1 aromatic heterocycles. The first-order valence-electron chi connectivity index (χ1n) is 8.23. The van der Waals surface area contributed by atoms with Crippen molar-refractivity contribution in [3.05, 3.63) is 65.3 Å². The number of ether oxygens (including phenoxy) is 1. The minimum Gasteiger partial charge on any atom is -0.462 e. The predicted octanol–water partition coefficient (Wildman–Crippen LogP) is 3.70. The van der Waals surface area contributed by atoms with E-state index in [2.05, 4.69) is 4.98 Å². The lowest BCUT2D eigenvalue weighted by Crippen LogP contribution is -2.08. The molecule has 0 saturated heterocycles. The molecule has 6 nitrogen and oxygen atoms in total. The molecular weight excluding hydrogens is 420 g/mol. The molecule has 3 rings (SSSR count). The van der Waals surface area contributed by atoms with Crippen LogP contribution in [0.1, 0.15) is 22.3 Å². The summed E-state index contributed by atoms with van der Waals surface area (Å²) in [7, 11) is -3.84. The smallest absolute Gasteiger partial charge is 0.338 e. The van der Waals surface area contributed by atoms with Crippen LogP contribution in [-0.2, 0) is 21.1 Å². The fraction of sp³-hybridized carbons (Fsp3) is 0.158. The molecule has 0 fully saturated rings. The Labute approximate surface area is 173 Å². The van der Waals surface area contributed by atoms with E-state index >= 15 is 0 Å². The number of nitrogens with two attached hydrogens (primary N) is 1. The van der Waals surface area contributed by atoms with E-state index in [1.54, 1.807) is 19.1 Å². The lowest BCUT2D eigenvalue weighted by atomic mass is 10.0. The maximum Gasteiger partial charge on any atom is 0.338 e. The van der Waals surface area contributed by atoms with Crippen LogP contribution in [0.2, 0.25) is 0 Å². The second-order valence-corrected chi connectivity index (χ2v) is 8.90. The molecule has 2 N–H and O–H groups in total. The maximum atomic E-state index is 13.1. The molecule has 0 aliphatic rings. The number of halogens is 1. The van der Waals surface area contributed by atoms with Gasteiger partial charge in [-0.3, -0.25) is 0 Å². The molecule has 3 aromatic rings.